The molecule has 6 heteroatoms. The van der Waals surface area contributed by atoms with E-state index < -0.39 is 5.97 Å². The summed E-state index contributed by atoms with van der Waals surface area (Å²) in [7, 11) is 0. The highest BCUT2D eigenvalue weighted by atomic mass is 32.1. The molecule has 0 saturated carbocycles. The SMILES string of the molecule is O=C(O)c1occc1Cn1ccc2sccc2c1=O. The van der Waals surface area contributed by atoms with Gasteiger partial charge in [0.1, 0.15) is 0 Å². The van der Waals surface area contributed by atoms with Crippen LogP contribution in [0.5, 0.6) is 0 Å². The largest absolute Gasteiger partial charge is 0.475 e. The number of carbonyl (C=O) groups is 1. The van der Waals surface area contributed by atoms with E-state index in [-0.39, 0.29) is 17.9 Å². The van der Waals surface area contributed by atoms with E-state index in [0.29, 0.717) is 10.9 Å². The van der Waals surface area contributed by atoms with Crippen LogP contribution in [0.15, 0.2) is 45.3 Å². The summed E-state index contributed by atoms with van der Waals surface area (Å²) in [5.41, 5.74) is 0.348. The van der Waals surface area contributed by atoms with E-state index in [2.05, 4.69) is 0 Å². The van der Waals surface area contributed by atoms with Crippen molar-refractivity contribution >= 4 is 27.4 Å². The quantitative estimate of drug-likeness (QED) is 0.796. The number of nitrogens with zero attached hydrogens (tertiary/aromatic N) is 1. The number of rotatable bonds is 3. The summed E-state index contributed by atoms with van der Waals surface area (Å²) in [5.74, 6) is -1.26. The van der Waals surface area contributed by atoms with Crippen LogP contribution < -0.4 is 5.56 Å². The van der Waals surface area contributed by atoms with Crippen molar-refractivity contribution in [1.82, 2.24) is 4.57 Å². The van der Waals surface area contributed by atoms with Gasteiger partial charge in [0.2, 0.25) is 5.76 Å². The van der Waals surface area contributed by atoms with Gasteiger partial charge in [-0.2, -0.15) is 0 Å². The lowest BCUT2D eigenvalue weighted by Gasteiger charge is -2.04. The summed E-state index contributed by atoms with van der Waals surface area (Å²) < 4.78 is 7.30. The number of thiophene rings is 1. The van der Waals surface area contributed by atoms with Crippen molar-refractivity contribution in [2.45, 2.75) is 6.54 Å². The van der Waals surface area contributed by atoms with E-state index in [4.69, 9.17) is 9.52 Å². The minimum atomic E-state index is -1.13. The molecule has 0 aliphatic heterocycles. The Bertz CT molecular complexity index is 811. The highest BCUT2D eigenvalue weighted by Gasteiger charge is 2.15. The molecular weight excluding hydrogens is 266 g/mol. The number of carboxylic acids is 1. The molecule has 0 fully saturated rings. The van der Waals surface area contributed by atoms with Crippen molar-refractivity contribution in [3.63, 3.8) is 0 Å². The van der Waals surface area contributed by atoms with Crippen LogP contribution in [0.25, 0.3) is 10.1 Å². The second-order valence-electron chi connectivity index (χ2n) is 4.03. The van der Waals surface area contributed by atoms with Crippen LogP contribution in [0.2, 0.25) is 0 Å². The number of fused-ring (bicyclic) bond motifs is 1. The van der Waals surface area contributed by atoms with Gasteiger partial charge in [0.25, 0.3) is 5.56 Å². The van der Waals surface area contributed by atoms with Crippen LogP contribution in [0.4, 0.5) is 0 Å². The molecule has 3 heterocycles. The maximum absolute atomic E-state index is 12.2. The molecule has 0 aliphatic carbocycles. The maximum atomic E-state index is 12.2. The molecule has 3 rings (SSSR count). The van der Waals surface area contributed by atoms with E-state index >= 15 is 0 Å². The fraction of sp³-hybridized carbons (Fsp3) is 0.0769. The highest BCUT2D eigenvalue weighted by molar-refractivity contribution is 7.17. The zero-order valence-electron chi connectivity index (χ0n) is 9.70. The molecule has 0 atom stereocenters. The Morgan fingerprint density at radius 1 is 1.37 bits per heavy atom. The molecule has 3 aromatic rings. The van der Waals surface area contributed by atoms with Crippen molar-refractivity contribution in [3.8, 4) is 0 Å². The topological polar surface area (TPSA) is 72.4 Å². The Kier molecular flexibility index (Phi) is 2.72. The van der Waals surface area contributed by atoms with E-state index in [1.807, 2.05) is 11.4 Å². The van der Waals surface area contributed by atoms with Gasteiger partial charge < -0.3 is 14.1 Å². The lowest BCUT2D eigenvalue weighted by atomic mass is 10.2. The molecule has 0 unspecified atom stereocenters. The first-order valence-corrected chi connectivity index (χ1v) is 6.41. The van der Waals surface area contributed by atoms with Gasteiger partial charge in [-0.1, -0.05) is 0 Å². The van der Waals surface area contributed by atoms with E-state index in [9.17, 15) is 9.59 Å². The van der Waals surface area contributed by atoms with Gasteiger partial charge in [-0.3, -0.25) is 4.79 Å². The lowest BCUT2D eigenvalue weighted by molar-refractivity contribution is 0.0660. The Morgan fingerprint density at radius 2 is 2.21 bits per heavy atom. The Morgan fingerprint density at radius 3 is 3.00 bits per heavy atom. The minimum Gasteiger partial charge on any atom is -0.475 e. The predicted molar refractivity (Wildman–Crippen MR) is 70.9 cm³/mol. The minimum absolute atomic E-state index is 0.127. The summed E-state index contributed by atoms with van der Waals surface area (Å²) in [5, 5.41) is 11.5. The first kappa shape index (κ1) is 11.7. The molecule has 19 heavy (non-hydrogen) atoms. The molecule has 3 aromatic heterocycles. The van der Waals surface area contributed by atoms with Crippen LogP contribution >= 0.6 is 11.3 Å². The van der Waals surface area contributed by atoms with Crippen LogP contribution in [0.3, 0.4) is 0 Å². The van der Waals surface area contributed by atoms with Crippen molar-refractivity contribution in [3.05, 3.63) is 57.7 Å². The summed E-state index contributed by atoms with van der Waals surface area (Å²) in [6, 6.07) is 5.18. The predicted octanol–water partition coefficient (Wildman–Crippen LogP) is 2.40. The fourth-order valence-corrected chi connectivity index (χ4v) is 2.74. The normalized spacial score (nSPS) is 10.9. The van der Waals surface area contributed by atoms with Gasteiger partial charge >= 0.3 is 5.97 Å². The number of aromatic nitrogens is 1. The van der Waals surface area contributed by atoms with Crippen molar-refractivity contribution in [2.75, 3.05) is 0 Å². The second kappa shape index (κ2) is 4.40. The number of aromatic carboxylic acids is 1. The molecule has 5 nitrogen and oxygen atoms in total. The molecule has 0 aromatic carbocycles. The molecule has 0 radical (unpaired) electrons. The first-order chi connectivity index (χ1) is 9.16. The van der Waals surface area contributed by atoms with Gasteiger partial charge in [0, 0.05) is 16.5 Å². The first-order valence-electron chi connectivity index (χ1n) is 5.53. The third-order valence-electron chi connectivity index (χ3n) is 2.87. The third-order valence-corrected chi connectivity index (χ3v) is 3.76. The number of carboxylic acid groups (broad SMARTS) is 1. The zero-order valence-corrected chi connectivity index (χ0v) is 10.5. The molecule has 1 N–H and O–H groups in total. The number of furan rings is 1. The average molecular weight is 275 g/mol. The number of hydrogen-bond donors (Lipinski definition) is 1. The van der Waals surface area contributed by atoms with Crippen molar-refractivity contribution in [2.24, 2.45) is 0 Å². The number of pyridine rings is 1. The molecule has 0 aliphatic rings. The van der Waals surface area contributed by atoms with Crippen molar-refractivity contribution < 1.29 is 14.3 Å². The standard InChI is InChI=1S/C13H9NO4S/c15-12-9-3-6-19-10(9)1-4-14(12)7-8-2-5-18-11(8)13(16)17/h1-6H,7H2,(H,16,17). The van der Waals surface area contributed by atoms with Crippen LogP contribution in [0.1, 0.15) is 16.1 Å². The lowest BCUT2D eigenvalue weighted by Crippen LogP contribution is -2.20. The fourth-order valence-electron chi connectivity index (χ4n) is 1.96. The van der Waals surface area contributed by atoms with E-state index in [1.165, 1.54) is 22.2 Å². The van der Waals surface area contributed by atoms with Crippen LogP contribution in [-0.2, 0) is 6.54 Å². The van der Waals surface area contributed by atoms with E-state index in [0.717, 1.165) is 4.70 Å². The summed E-state index contributed by atoms with van der Waals surface area (Å²) >= 11 is 1.50. The molecule has 96 valence electrons. The van der Waals surface area contributed by atoms with Gasteiger partial charge in [0.05, 0.1) is 18.2 Å². The van der Waals surface area contributed by atoms with Gasteiger partial charge in [0.15, 0.2) is 0 Å². The number of hydrogen-bond acceptors (Lipinski definition) is 4. The Balaban J connectivity index is 2.06. The molecular formula is C13H9NO4S. The van der Waals surface area contributed by atoms with Crippen LogP contribution in [0, 0.1) is 0 Å². The Labute approximate surface area is 111 Å². The molecule has 0 spiro atoms. The zero-order chi connectivity index (χ0) is 13.4. The molecule has 0 amide bonds. The van der Waals surface area contributed by atoms with E-state index in [1.54, 1.807) is 18.3 Å². The van der Waals surface area contributed by atoms with Gasteiger partial charge in [-0.15, -0.1) is 11.3 Å². The van der Waals surface area contributed by atoms with Crippen LogP contribution in [-0.4, -0.2) is 15.6 Å². The molecule has 0 bridgehead atoms. The third kappa shape index (κ3) is 1.96. The maximum Gasteiger partial charge on any atom is 0.372 e. The second-order valence-corrected chi connectivity index (χ2v) is 4.98. The molecule has 0 saturated heterocycles. The smallest absolute Gasteiger partial charge is 0.372 e. The Hall–Kier alpha value is -2.34. The van der Waals surface area contributed by atoms with Crippen molar-refractivity contribution in [1.29, 1.82) is 0 Å². The monoisotopic (exact) mass is 275 g/mol. The van der Waals surface area contributed by atoms with Gasteiger partial charge in [-0.05, 0) is 23.6 Å². The summed E-state index contributed by atoms with van der Waals surface area (Å²) in [6.07, 6.45) is 2.98. The van der Waals surface area contributed by atoms with Gasteiger partial charge in [-0.25, -0.2) is 4.79 Å². The summed E-state index contributed by atoms with van der Waals surface area (Å²) in [4.78, 5) is 23.1. The average Bonchev–Trinajstić information content (AvgIpc) is 3.01. The highest BCUT2D eigenvalue weighted by Crippen LogP contribution is 2.17. The summed E-state index contributed by atoms with van der Waals surface area (Å²) in [6.45, 7) is 0.183.